The molecule has 2 saturated heterocycles. The van der Waals surface area contributed by atoms with E-state index < -0.39 is 37.9 Å². The molecule has 3 N–H and O–H groups in total. The van der Waals surface area contributed by atoms with E-state index in [2.05, 4.69) is 30.4 Å². The number of anilines is 1. The average molecular weight is 513 g/mol. The van der Waals surface area contributed by atoms with Gasteiger partial charge >= 0.3 is 0 Å². The predicted molar refractivity (Wildman–Crippen MR) is 108 cm³/mol. The highest BCUT2D eigenvalue weighted by Gasteiger charge is 2.51. The fraction of sp³-hybridized carbons (Fsp3) is 0.353. The van der Waals surface area contributed by atoms with E-state index in [9.17, 15) is 19.4 Å². The Labute approximate surface area is 182 Å². The Kier molecular flexibility index (Phi) is 5.01. The van der Waals surface area contributed by atoms with Crippen LogP contribution in [0.5, 0.6) is 0 Å². The molecule has 2 aliphatic heterocycles. The molecule has 2 fully saturated rings. The molecular weight excluding hydrogens is 497 g/mol. The van der Waals surface area contributed by atoms with Crippen molar-refractivity contribution in [3.8, 4) is 0 Å². The Balaban J connectivity index is 1.56. The minimum Gasteiger partial charge on any atom is -0.756 e. The lowest BCUT2D eigenvalue weighted by atomic mass is 10.1. The molecular formula is C17H16BrN5O7P-. The zero-order valence-corrected chi connectivity index (χ0v) is 18.2. The van der Waals surface area contributed by atoms with Crippen LogP contribution < -0.4 is 16.2 Å². The van der Waals surface area contributed by atoms with Crippen LogP contribution in [0.25, 0.3) is 11.2 Å². The van der Waals surface area contributed by atoms with E-state index in [0.29, 0.717) is 0 Å². The summed E-state index contributed by atoms with van der Waals surface area (Å²) in [6.45, 7) is -0.0989. The maximum Gasteiger partial charge on any atom is 0.283 e. The molecule has 164 valence electrons. The first-order valence-electron chi connectivity index (χ1n) is 9.20. The third kappa shape index (κ3) is 3.52. The van der Waals surface area contributed by atoms with Gasteiger partial charge in [-0.05, 0) is 21.5 Å². The SMILES string of the molecule is Nc1nc2c(nc(Br)n2[C@@H]2OC3COP(=O)([O-])O[C@H]3C2O)c(=O)n1Cc1ccccc1. The number of phosphoric ester groups is 1. The molecule has 0 aliphatic carbocycles. The van der Waals surface area contributed by atoms with Crippen LogP contribution in [0.2, 0.25) is 0 Å². The van der Waals surface area contributed by atoms with Crippen LogP contribution in [0.3, 0.4) is 0 Å². The minimum absolute atomic E-state index is 0.00865. The zero-order chi connectivity index (χ0) is 21.9. The van der Waals surface area contributed by atoms with Gasteiger partial charge in [0.25, 0.3) is 13.4 Å². The summed E-state index contributed by atoms with van der Waals surface area (Å²) in [6, 6.07) is 9.26. The third-order valence-corrected chi connectivity index (χ3v) is 6.71. The van der Waals surface area contributed by atoms with Crippen molar-refractivity contribution < 1.29 is 28.3 Å². The van der Waals surface area contributed by atoms with Crippen molar-refractivity contribution in [2.45, 2.75) is 31.1 Å². The molecule has 31 heavy (non-hydrogen) atoms. The van der Waals surface area contributed by atoms with Gasteiger partial charge in [-0.15, -0.1) is 0 Å². The van der Waals surface area contributed by atoms with Gasteiger partial charge in [0.05, 0.1) is 13.2 Å². The van der Waals surface area contributed by atoms with Gasteiger partial charge in [0.2, 0.25) is 5.95 Å². The lowest BCUT2D eigenvalue weighted by Gasteiger charge is -2.34. The molecule has 5 atom stereocenters. The van der Waals surface area contributed by atoms with Gasteiger partial charge in [-0.1, -0.05) is 30.3 Å². The molecule has 0 saturated carbocycles. The van der Waals surface area contributed by atoms with E-state index in [4.69, 9.17) is 15.0 Å². The van der Waals surface area contributed by atoms with Crippen molar-refractivity contribution in [1.82, 2.24) is 19.1 Å². The summed E-state index contributed by atoms with van der Waals surface area (Å²) in [5, 5.41) is 10.7. The predicted octanol–water partition coefficient (Wildman–Crippen LogP) is 0.128. The number of phosphoric acid groups is 1. The lowest BCUT2D eigenvalue weighted by molar-refractivity contribution is -0.245. The minimum atomic E-state index is -4.53. The highest BCUT2D eigenvalue weighted by molar-refractivity contribution is 9.10. The van der Waals surface area contributed by atoms with Crippen molar-refractivity contribution >= 4 is 40.9 Å². The van der Waals surface area contributed by atoms with Crippen molar-refractivity contribution in [3.05, 3.63) is 51.0 Å². The molecule has 0 bridgehead atoms. The van der Waals surface area contributed by atoms with Crippen LogP contribution in [-0.2, 0) is 24.9 Å². The normalized spacial score (nSPS) is 30.5. The summed E-state index contributed by atoms with van der Waals surface area (Å²) in [5.74, 6) is -0.0523. The number of aromatic nitrogens is 4. The largest absolute Gasteiger partial charge is 0.756 e. The Morgan fingerprint density at radius 3 is 2.81 bits per heavy atom. The first kappa shape index (κ1) is 20.8. The number of nitrogen functional groups attached to an aromatic ring is 1. The monoisotopic (exact) mass is 512 g/mol. The Bertz CT molecular complexity index is 1270. The van der Waals surface area contributed by atoms with Crippen molar-refractivity contribution in [2.24, 2.45) is 0 Å². The van der Waals surface area contributed by atoms with Crippen molar-refractivity contribution in [3.63, 3.8) is 0 Å². The average Bonchev–Trinajstić information content (AvgIpc) is 3.21. The number of hydrogen-bond donors (Lipinski definition) is 2. The first-order valence-corrected chi connectivity index (χ1v) is 11.5. The maximum atomic E-state index is 13.1. The van der Waals surface area contributed by atoms with E-state index in [1.54, 1.807) is 0 Å². The van der Waals surface area contributed by atoms with Crippen molar-refractivity contribution in [2.75, 3.05) is 12.3 Å². The fourth-order valence-corrected chi connectivity index (χ4v) is 5.23. The molecule has 3 unspecified atom stereocenters. The number of hydrogen-bond acceptors (Lipinski definition) is 10. The summed E-state index contributed by atoms with van der Waals surface area (Å²) in [4.78, 5) is 33.2. The van der Waals surface area contributed by atoms with Gasteiger partial charge in [-0.25, -0.2) is 4.98 Å². The van der Waals surface area contributed by atoms with Crippen LogP contribution in [0.4, 0.5) is 5.95 Å². The van der Waals surface area contributed by atoms with Crippen LogP contribution >= 0.6 is 23.8 Å². The Morgan fingerprint density at radius 2 is 2.06 bits per heavy atom. The summed E-state index contributed by atoms with van der Waals surface area (Å²) < 4.78 is 29.6. The number of imidazole rings is 1. The van der Waals surface area contributed by atoms with Gasteiger partial charge in [0, 0.05) is 0 Å². The molecule has 4 heterocycles. The third-order valence-electron chi connectivity index (χ3n) is 5.18. The van der Waals surface area contributed by atoms with E-state index in [1.807, 2.05) is 30.3 Å². The van der Waals surface area contributed by atoms with Gasteiger partial charge in [0.1, 0.15) is 18.3 Å². The number of halogens is 1. The number of fused-ring (bicyclic) bond motifs is 2. The summed E-state index contributed by atoms with van der Waals surface area (Å²) >= 11 is 3.26. The van der Waals surface area contributed by atoms with E-state index in [1.165, 1.54) is 9.13 Å². The second-order valence-electron chi connectivity index (χ2n) is 7.14. The maximum absolute atomic E-state index is 13.1. The molecule has 14 heteroatoms. The summed E-state index contributed by atoms with van der Waals surface area (Å²) in [6.07, 6.45) is -4.52. The molecule has 12 nitrogen and oxygen atoms in total. The molecule has 3 aromatic rings. The van der Waals surface area contributed by atoms with Gasteiger partial charge in [-0.2, -0.15) is 4.98 Å². The van der Waals surface area contributed by atoms with Gasteiger partial charge in [-0.3, -0.25) is 18.5 Å². The Morgan fingerprint density at radius 1 is 1.32 bits per heavy atom. The Hall–Kier alpha value is -2.12. The molecule has 0 amide bonds. The molecule has 2 aliphatic rings. The topological polar surface area (TPSA) is 167 Å². The fourth-order valence-electron chi connectivity index (χ4n) is 3.73. The van der Waals surface area contributed by atoms with Crippen molar-refractivity contribution in [1.29, 1.82) is 0 Å². The highest BCUT2D eigenvalue weighted by atomic mass is 79.9. The molecule has 2 aromatic heterocycles. The highest BCUT2D eigenvalue weighted by Crippen LogP contribution is 2.50. The molecule has 1 aromatic carbocycles. The van der Waals surface area contributed by atoms with E-state index in [-0.39, 0.29) is 35.0 Å². The van der Waals surface area contributed by atoms with Crippen LogP contribution in [0.15, 0.2) is 39.9 Å². The number of nitrogens with two attached hydrogens (primary N) is 1. The number of nitrogens with zero attached hydrogens (tertiary/aromatic N) is 4. The second-order valence-corrected chi connectivity index (χ2v) is 9.21. The standard InChI is InChI=1S/C17H17BrN5O7P/c18-16-20-10-13(21-17(19)22(14(10)25)6-8-4-2-1-3-5-8)23(16)15-11(24)12-9(29-15)7-28-31(26,27)30-12/h1-5,9,11-12,15,24H,6-7H2,(H2,19,21)(H,26,27)/p-1/t9?,11?,12-,15-/m1/s1. The number of ether oxygens (including phenoxy) is 1. The number of aliphatic hydroxyl groups excluding tert-OH is 1. The van der Waals surface area contributed by atoms with Crippen LogP contribution in [0.1, 0.15) is 11.8 Å². The van der Waals surface area contributed by atoms with Crippen LogP contribution in [0, 0.1) is 0 Å². The number of rotatable bonds is 3. The molecule has 0 radical (unpaired) electrons. The molecule has 5 rings (SSSR count). The van der Waals surface area contributed by atoms with Gasteiger partial charge < -0.3 is 29.5 Å². The first-order chi connectivity index (χ1) is 14.7. The molecule has 0 spiro atoms. The summed E-state index contributed by atoms with van der Waals surface area (Å²) in [7, 11) is -4.53. The summed E-state index contributed by atoms with van der Waals surface area (Å²) in [5.41, 5.74) is 6.54. The lowest BCUT2D eigenvalue weighted by Crippen LogP contribution is -2.41. The van der Waals surface area contributed by atoms with E-state index >= 15 is 0 Å². The van der Waals surface area contributed by atoms with E-state index in [0.717, 1.165) is 5.56 Å². The number of benzene rings is 1. The van der Waals surface area contributed by atoms with Gasteiger partial charge in [0.15, 0.2) is 22.1 Å². The smallest absolute Gasteiger partial charge is 0.283 e. The quantitative estimate of drug-likeness (QED) is 0.363. The number of aliphatic hydroxyl groups is 1. The van der Waals surface area contributed by atoms with Crippen LogP contribution in [-0.4, -0.2) is 49.1 Å². The zero-order valence-electron chi connectivity index (χ0n) is 15.7. The second kappa shape index (κ2) is 7.48.